The van der Waals surface area contributed by atoms with Crippen LogP contribution >= 0.6 is 0 Å². The number of benzene rings is 1. The number of aromatic nitrogens is 4. The quantitative estimate of drug-likeness (QED) is 0.848. The van der Waals surface area contributed by atoms with Crippen LogP contribution < -0.4 is 9.46 Å². The number of tetrazole rings is 1. The van der Waals surface area contributed by atoms with E-state index in [1.807, 2.05) is 0 Å². The van der Waals surface area contributed by atoms with Crippen molar-refractivity contribution in [2.45, 2.75) is 50.1 Å². The number of methoxy groups -OCH3 is 1. The molecule has 2 aromatic rings. The van der Waals surface area contributed by atoms with Crippen molar-refractivity contribution in [3.05, 3.63) is 29.6 Å². The van der Waals surface area contributed by atoms with Crippen LogP contribution in [0, 0.1) is 6.92 Å². The van der Waals surface area contributed by atoms with Crippen LogP contribution in [0.2, 0.25) is 0 Å². The van der Waals surface area contributed by atoms with E-state index < -0.39 is 10.0 Å². The maximum atomic E-state index is 12.5. The molecule has 0 saturated heterocycles. The number of nitrogens with zero attached hydrogens (tertiary/aromatic N) is 4. The number of ether oxygens (including phenoxy) is 1. The maximum Gasteiger partial charge on any atom is 0.240 e. The normalized spacial score (nSPS) is 15.8. The summed E-state index contributed by atoms with van der Waals surface area (Å²) in [4.78, 5) is 0.195. The van der Waals surface area contributed by atoms with E-state index in [0.29, 0.717) is 11.6 Å². The lowest BCUT2D eigenvalue weighted by Crippen LogP contribution is -2.26. The number of rotatable bonds is 6. The fourth-order valence-electron chi connectivity index (χ4n) is 3.02. The molecule has 0 atom stereocenters. The van der Waals surface area contributed by atoms with Crippen LogP contribution in [0.3, 0.4) is 0 Å². The van der Waals surface area contributed by atoms with Gasteiger partial charge in [0.15, 0.2) is 5.82 Å². The third-order valence-corrected chi connectivity index (χ3v) is 5.73. The van der Waals surface area contributed by atoms with Crippen molar-refractivity contribution < 1.29 is 13.2 Å². The molecule has 0 bridgehead atoms. The second kappa shape index (κ2) is 6.86. The number of nitrogens with one attached hydrogen (secondary N) is 1. The molecular weight excluding hydrogens is 330 g/mol. The largest absolute Gasteiger partial charge is 0.496 e. The third kappa shape index (κ3) is 3.41. The molecule has 1 aromatic carbocycles. The zero-order chi connectivity index (χ0) is 17.2. The van der Waals surface area contributed by atoms with Crippen LogP contribution in [0.15, 0.2) is 23.1 Å². The van der Waals surface area contributed by atoms with Gasteiger partial charge in [0.2, 0.25) is 10.0 Å². The summed E-state index contributed by atoms with van der Waals surface area (Å²) in [5, 5.41) is 11.7. The fourth-order valence-corrected chi connectivity index (χ4v) is 4.09. The number of hydrogen-bond acceptors (Lipinski definition) is 6. The first-order valence-electron chi connectivity index (χ1n) is 7.92. The Morgan fingerprint density at radius 1 is 1.33 bits per heavy atom. The van der Waals surface area contributed by atoms with Gasteiger partial charge in [0.1, 0.15) is 5.75 Å². The molecule has 1 heterocycles. The molecule has 1 N–H and O–H groups in total. The summed E-state index contributed by atoms with van der Waals surface area (Å²) >= 11 is 0. The second-order valence-electron chi connectivity index (χ2n) is 5.93. The number of sulfonamides is 1. The number of aryl methyl sites for hydroxylation is 1. The lowest BCUT2D eigenvalue weighted by Gasteiger charge is -2.12. The van der Waals surface area contributed by atoms with Gasteiger partial charge < -0.3 is 4.74 Å². The second-order valence-corrected chi connectivity index (χ2v) is 7.70. The molecule has 24 heavy (non-hydrogen) atoms. The SMILES string of the molecule is COc1ccc(S(=O)(=O)NCc2nnnn2C2CCCC2)cc1C. The highest BCUT2D eigenvalue weighted by Crippen LogP contribution is 2.29. The Kier molecular flexibility index (Phi) is 4.81. The lowest BCUT2D eigenvalue weighted by atomic mass is 10.2. The molecule has 0 unspecified atom stereocenters. The highest BCUT2D eigenvalue weighted by atomic mass is 32.2. The minimum atomic E-state index is -3.64. The van der Waals surface area contributed by atoms with Gasteiger partial charge in [0.25, 0.3) is 0 Å². The van der Waals surface area contributed by atoms with Crippen LogP contribution in [0.1, 0.15) is 43.1 Å². The Bertz CT molecular complexity index is 812. The van der Waals surface area contributed by atoms with Crippen LogP contribution in [-0.2, 0) is 16.6 Å². The van der Waals surface area contributed by atoms with Gasteiger partial charge in [-0.2, -0.15) is 0 Å². The maximum absolute atomic E-state index is 12.5. The molecule has 3 rings (SSSR count). The summed E-state index contributed by atoms with van der Waals surface area (Å²) in [6.45, 7) is 1.87. The van der Waals surface area contributed by atoms with Gasteiger partial charge in [0, 0.05) is 0 Å². The van der Waals surface area contributed by atoms with E-state index >= 15 is 0 Å². The standard InChI is InChI=1S/C15H21N5O3S/c1-11-9-13(7-8-14(11)23-2)24(21,22)16-10-15-17-18-19-20(15)12-5-3-4-6-12/h7-9,12,16H,3-6,10H2,1-2H3. The van der Waals surface area contributed by atoms with Crippen molar-refractivity contribution in [1.82, 2.24) is 24.9 Å². The molecule has 0 aliphatic heterocycles. The molecule has 0 spiro atoms. The summed E-state index contributed by atoms with van der Waals surface area (Å²) in [7, 11) is -2.09. The Morgan fingerprint density at radius 2 is 2.08 bits per heavy atom. The lowest BCUT2D eigenvalue weighted by molar-refractivity contribution is 0.411. The van der Waals surface area contributed by atoms with Crippen LogP contribution in [0.5, 0.6) is 5.75 Å². The molecule has 1 fully saturated rings. The van der Waals surface area contributed by atoms with E-state index in [1.54, 1.807) is 30.8 Å². The van der Waals surface area contributed by atoms with Crippen molar-refractivity contribution in [2.75, 3.05) is 7.11 Å². The van der Waals surface area contributed by atoms with Crippen LogP contribution in [0.25, 0.3) is 0 Å². The average molecular weight is 351 g/mol. The van der Waals surface area contributed by atoms with Gasteiger partial charge in [0.05, 0.1) is 24.6 Å². The van der Waals surface area contributed by atoms with E-state index in [4.69, 9.17) is 4.74 Å². The molecular formula is C15H21N5O3S. The molecule has 1 aliphatic carbocycles. The monoisotopic (exact) mass is 351 g/mol. The van der Waals surface area contributed by atoms with Crippen molar-refractivity contribution in [1.29, 1.82) is 0 Å². The van der Waals surface area contributed by atoms with Crippen molar-refractivity contribution in [3.8, 4) is 5.75 Å². The first kappa shape index (κ1) is 16.8. The van der Waals surface area contributed by atoms with Crippen molar-refractivity contribution in [3.63, 3.8) is 0 Å². The molecule has 1 aliphatic rings. The molecule has 0 amide bonds. The Balaban J connectivity index is 1.74. The van der Waals surface area contributed by atoms with Gasteiger partial charge in [-0.05, 0) is 54.0 Å². The summed E-state index contributed by atoms with van der Waals surface area (Å²) in [6.07, 6.45) is 4.37. The van der Waals surface area contributed by atoms with E-state index in [-0.39, 0.29) is 17.5 Å². The van der Waals surface area contributed by atoms with Gasteiger partial charge >= 0.3 is 0 Å². The zero-order valence-corrected chi connectivity index (χ0v) is 14.6. The molecule has 8 nitrogen and oxygen atoms in total. The van der Waals surface area contributed by atoms with E-state index in [0.717, 1.165) is 31.2 Å². The smallest absolute Gasteiger partial charge is 0.240 e. The summed E-state index contributed by atoms with van der Waals surface area (Å²) in [6, 6.07) is 5.02. The summed E-state index contributed by atoms with van der Waals surface area (Å²) in [5.41, 5.74) is 0.760. The minimum absolute atomic E-state index is 0.0664. The summed E-state index contributed by atoms with van der Waals surface area (Å²) < 4.78 is 34.4. The highest BCUT2D eigenvalue weighted by molar-refractivity contribution is 7.89. The zero-order valence-electron chi connectivity index (χ0n) is 13.8. The molecule has 1 saturated carbocycles. The third-order valence-electron chi connectivity index (χ3n) is 4.33. The van der Waals surface area contributed by atoms with Crippen LogP contribution in [0.4, 0.5) is 0 Å². The van der Waals surface area contributed by atoms with E-state index in [9.17, 15) is 8.42 Å². The summed E-state index contributed by atoms with van der Waals surface area (Å²) in [5.74, 6) is 1.19. The predicted molar refractivity (Wildman–Crippen MR) is 87.1 cm³/mol. The van der Waals surface area contributed by atoms with Crippen molar-refractivity contribution in [2.24, 2.45) is 0 Å². The molecule has 9 heteroatoms. The first-order chi connectivity index (χ1) is 11.5. The highest BCUT2D eigenvalue weighted by Gasteiger charge is 2.23. The van der Waals surface area contributed by atoms with Gasteiger partial charge in [-0.3, -0.25) is 0 Å². The van der Waals surface area contributed by atoms with Gasteiger partial charge in [-0.15, -0.1) is 5.10 Å². The van der Waals surface area contributed by atoms with Gasteiger partial charge in [-0.25, -0.2) is 17.8 Å². The van der Waals surface area contributed by atoms with E-state index in [1.165, 1.54) is 6.07 Å². The Morgan fingerprint density at radius 3 is 2.75 bits per heavy atom. The Hall–Kier alpha value is -2.00. The molecule has 1 aromatic heterocycles. The molecule has 0 radical (unpaired) electrons. The molecule has 130 valence electrons. The Labute approximate surface area is 141 Å². The first-order valence-corrected chi connectivity index (χ1v) is 9.40. The van der Waals surface area contributed by atoms with Gasteiger partial charge in [-0.1, -0.05) is 12.8 Å². The van der Waals surface area contributed by atoms with Crippen LogP contribution in [-0.4, -0.2) is 35.7 Å². The predicted octanol–water partition coefficient (Wildman–Crippen LogP) is 1.58. The van der Waals surface area contributed by atoms with Crippen molar-refractivity contribution >= 4 is 10.0 Å². The average Bonchev–Trinajstić information content (AvgIpc) is 3.23. The fraction of sp³-hybridized carbons (Fsp3) is 0.533. The van der Waals surface area contributed by atoms with E-state index in [2.05, 4.69) is 20.2 Å². The minimum Gasteiger partial charge on any atom is -0.496 e. The number of hydrogen-bond donors (Lipinski definition) is 1. The topological polar surface area (TPSA) is 99.0 Å².